The van der Waals surface area contributed by atoms with Crippen LogP contribution in [0.1, 0.15) is 42.4 Å². The second-order valence-electron chi connectivity index (χ2n) is 5.80. The van der Waals surface area contributed by atoms with Crippen LogP contribution in [0.3, 0.4) is 0 Å². The molecule has 126 valence electrons. The Bertz CT molecular complexity index is 884. The van der Waals surface area contributed by atoms with Crippen LogP contribution in [-0.4, -0.2) is 21.0 Å². The number of carbonyl (C=O) groups excluding carboxylic acids is 1. The van der Waals surface area contributed by atoms with Crippen LogP contribution in [0.25, 0.3) is 10.9 Å². The van der Waals surface area contributed by atoms with Gasteiger partial charge in [-0.1, -0.05) is 12.1 Å². The number of hydrogen-bond donors (Lipinski definition) is 2. The number of fused-ring (bicyclic) bond motifs is 1. The van der Waals surface area contributed by atoms with Gasteiger partial charge in [0.15, 0.2) is 5.82 Å². The normalized spacial score (nSPS) is 12.5. The molecule has 0 radical (unpaired) electrons. The predicted octanol–water partition coefficient (Wildman–Crippen LogP) is 3.12. The lowest BCUT2D eigenvalue weighted by molar-refractivity contribution is -0.121. The van der Waals surface area contributed by atoms with E-state index in [0.29, 0.717) is 18.1 Å². The van der Waals surface area contributed by atoms with E-state index in [-0.39, 0.29) is 24.2 Å². The molecule has 3 aromatic rings. The number of nitrogens with zero attached hydrogens (tertiary/aromatic N) is 2. The Kier molecular flexibility index (Phi) is 4.33. The van der Waals surface area contributed by atoms with Gasteiger partial charge in [-0.25, -0.2) is 4.39 Å². The van der Waals surface area contributed by atoms with Gasteiger partial charge in [-0.05, 0) is 37.1 Å². The minimum atomic E-state index is -0.322. The van der Waals surface area contributed by atoms with Gasteiger partial charge < -0.3 is 14.8 Å². The van der Waals surface area contributed by atoms with Gasteiger partial charge in [0.2, 0.25) is 11.8 Å². The molecule has 1 amide bonds. The van der Waals surface area contributed by atoms with Crippen LogP contribution in [-0.2, 0) is 11.2 Å². The topological polar surface area (TPSA) is 83.8 Å². The largest absolute Gasteiger partial charge is 0.358 e. The van der Waals surface area contributed by atoms with Crippen molar-refractivity contribution in [1.82, 2.24) is 20.4 Å². The minimum absolute atomic E-state index is 0.155. The van der Waals surface area contributed by atoms with Crippen molar-refractivity contribution in [3.63, 3.8) is 0 Å². The number of H-pyrrole nitrogens is 1. The van der Waals surface area contributed by atoms with Gasteiger partial charge in [0.05, 0.1) is 12.5 Å². The van der Waals surface area contributed by atoms with Crippen molar-refractivity contribution in [3.8, 4) is 0 Å². The molecule has 2 heterocycles. The Balaban J connectivity index is 1.79. The minimum Gasteiger partial charge on any atom is -0.358 e. The van der Waals surface area contributed by atoms with Gasteiger partial charge in [-0.2, -0.15) is 4.98 Å². The summed E-state index contributed by atoms with van der Waals surface area (Å²) in [5, 5.41) is 7.50. The van der Waals surface area contributed by atoms with Crippen LogP contribution in [0.15, 0.2) is 22.7 Å². The zero-order valence-corrected chi connectivity index (χ0v) is 13.8. The molecule has 0 spiro atoms. The Morgan fingerprint density at radius 1 is 1.42 bits per heavy atom. The fourth-order valence-corrected chi connectivity index (χ4v) is 2.79. The summed E-state index contributed by atoms with van der Waals surface area (Å²) in [4.78, 5) is 19.8. The van der Waals surface area contributed by atoms with E-state index in [0.717, 1.165) is 22.2 Å². The average Bonchev–Trinajstić information content (AvgIpc) is 3.09. The summed E-state index contributed by atoms with van der Waals surface area (Å²) in [5.41, 5.74) is 2.47. The molecule has 2 aromatic heterocycles. The molecule has 0 aliphatic rings. The van der Waals surface area contributed by atoms with Crippen LogP contribution in [0, 0.1) is 19.7 Å². The van der Waals surface area contributed by atoms with E-state index in [4.69, 9.17) is 4.52 Å². The van der Waals surface area contributed by atoms with E-state index in [1.165, 1.54) is 12.1 Å². The summed E-state index contributed by atoms with van der Waals surface area (Å²) < 4.78 is 18.5. The van der Waals surface area contributed by atoms with Crippen molar-refractivity contribution in [3.05, 3.63) is 47.0 Å². The van der Waals surface area contributed by atoms with Crippen molar-refractivity contribution >= 4 is 16.8 Å². The summed E-state index contributed by atoms with van der Waals surface area (Å²) in [6.07, 6.45) is 0.800. The smallest absolute Gasteiger partial charge is 0.225 e. The van der Waals surface area contributed by atoms with Gasteiger partial charge in [-0.15, -0.1) is 0 Å². The number of amides is 1. The van der Waals surface area contributed by atoms with Gasteiger partial charge >= 0.3 is 0 Å². The van der Waals surface area contributed by atoms with Crippen molar-refractivity contribution < 1.29 is 13.7 Å². The van der Waals surface area contributed by atoms with Crippen molar-refractivity contribution in [2.75, 3.05) is 0 Å². The summed E-state index contributed by atoms with van der Waals surface area (Å²) >= 11 is 0. The highest BCUT2D eigenvalue weighted by atomic mass is 19.1. The second kappa shape index (κ2) is 6.43. The number of aromatic amines is 1. The lowest BCUT2D eigenvalue weighted by atomic mass is 10.1. The fraction of sp³-hybridized carbons (Fsp3) is 0.353. The molecule has 1 atom stereocenters. The van der Waals surface area contributed by atoms with E-state index >= 15 is 0 Å². The zero-order valence-electron chi connectivity index (χ0n) is 13.8. The number of carbonyl (C=O) groups is 1. The lowest BCUT2D eigenvalue weighted by Gasteiger charge is -2.13. The number of hydrogen-bond acceptors (Lipinski definition) is 4. The summed E-state index contributed by atoms with van der Waals surface area (Å²) in [7, 11) is 0. The molecule has 3 rings (SSSR count). The molecule has 0 aliphatic heterocycles. The average molecular weight is 330 g/mol. The highest BCUT2D eigenvalue weighted by Crippen LogP contribution is 2.24. The van der Waals surface area contributed by atoms with Gasteiger partial charge in [0.25, 0.3) is 0 Å². The third kappa shape index (κ3) is 3.15. The summed E-state index contributed by atoms with van der Waals surface area (Å²) in [5.74, 6) is 0.431. The number of halogens is 1. The summed E-state index contributed by atoms with van der Waals surface area (Å²) in [6, 6.07) is 4.21. The Hall–Kier alpha value is -2.70. The first-order valence-corrected chi connectivity index (χ1v) is 7.84. The third-order valence-electron chi connectivity index (χ3n) is 4.02. The highest BCUT2D eigenvalue weighted by molar-refractivity contribution is 5.90. The Morgan fingerprint density at radius 3 is 2.88 bits per heavy atom. The molecule has 1 aromatic carbocycles. The van der Waals surface area contributed by atoms with Crippen LogP contribution in [0.5, 0.6) is 0 Å². The molecular formula is C17H19FN4O2. The molecule has 0 bridgehead atoms. The molecule has 24 heavy (non-hydrogen) atoms. The molecule has 7 heteroatoms. The number of aryl methyl sites for hydroxylation is 2. The van der Waals surface area contributed by atoms with Crippen LogP contribution < -0.4 is 5.32 Å². The fourth-order valence-electron chi connectivity index (χ4n) is 2.79. The predicted molar refractivity (Wildman–Crippen MR) is 86.9 cm³/mol. The van der Waals surface area contributed by atoms with Crippen LogP contribution in [0.2, 0.25) is 0 Å². The maximum Gasteiger partial charge on any atom is 0.225 e. The van der Waals surface area contributed by atoms with Crippen LogP contribution >= 0.6 is 0 Å². The van der Waals surface area contributed by atoms with E-state index in [1.54, 1.807) is 13.0 Å². The van der Waals surface area contributed by atoms with Crippen molar-refractivity contribution in [2.45, 2.75) is 39.7 Å². The van der Waals surface area contributed by atoms with Gasteiger partial charge in [-0.3, -0.25) is 4.79 Å². The third-order valence-corrected chi connectivity index (χ3v) is 4.02. The zero-order chi connectivity index (χ0) is 17.3. The quantitative estimate of drug-likeness (QED) is 0.753. The van der Waals surface area contributed by atoms with E-state index < -0.39 is 0 Å². The van der Waals surface area contributed by atoms with Crippen LogP contribution in [0.4, 0.5) is 4.39 Å². The molecule has 0 saturated heterocycles. The number of rotatable bonds is 5. The van der Waals surface area contributed by atoms with Crippen molar-refractivity contribution in [2.24, 2.45) is 0 Å². The molecule has 0 aliphatic carbocycles. The standard InChI is InChI=1S/C17H19FN4O2/c1-4-14(17-20-10(3)24-22-17)21-16(23)8-12-9(2)19-15-6-5-11(18)7-13(12)15/h5-7,14,19H,4,8H2,1-3H3,(H,21,23). The molecular weight excluding hydrogens is 311 g/mol. The van der Waals surface area contributed by atoms with Gasteiger partial charge in [0.1, 0.15) is 5.82 Å². The first kappa shape index (κ1) is 16.2. The number of aromatic nitrogens is 3. The first-order chi connectivity index (χ1) is 11.5. The molecule has 0 saturated carbocycles. The maximum absolute atomic E-state index is 13.5. The Labute approximate surface area is 138 Å². The second-order valence-corrected chi connectivity index (χ2v) is 5.80. The number of nitrogens with one attached hydrogen (secondary N) is 2. The van der Waals surface area contributed by atoms with Crippen molar-refractivity contribution in [1.29, 1.82) is 0 Å². The van der Waals surface area contributed by atoms with Gasteiger partial charge in [0, 0.05) is 23.5 Å². The SMILES string of the molecule is CCC(NC(=O)Cc1c(C)[nH]c2ccc(F)cc12)c1noc(C)n1. The molecule has 6 nitrogen and oxygen atoms in total. The molecule has 2 N–H and O–H groups in total. The first-order valence-electron chi connectivity index (χ1n) is 7.84. The molecule has 1 unspecified atom stereocenters. The highest BCUT2D eigenvalue weighted by Gasteiger charge is 2.20. The monoisotopic (exact) mass is 330 g/mol. The Morgan fingerprint density at radius 2 is 2.21 bits per heavy atom. The lowest BCUT2D eigenvalue weighted by Crippen LogP contribution is -2.30. The van der Waals surface area contributed by atoms with E-state index in [2.05, 4.69) is 20.4 Å². The van der Waals surface area contributed by atoms with E-state index in [9.17, 15) is 9.18 Å². The van der Waals surface area contributed by atoms with E-state index in [1.807, 2.05) is 13.8 Å². The molecule has 0 fully saturated rings. The maximum atomic E-state index is 13.5. The summed E-state index contributed by atoms with van der Waals surface area (Å²) in [6.45, 7) is 5.51. The number of benzene rings is 1.